The minimum absolute atomic E-state index is 0.0439. The van der Waals surface area contributed by atoms with Crippen molar-refractivity contribution < 1.29 is 9.53 Å². The quantitative estimate of drug-likeness (QED) is 0.813. The third kappa shape index (κ3) is 4.30. The Bertz CT molecular complexity index is 363. The van der Waals surface area contributed by atoms with E-state index in [0.29, 0.717) is 11.6 Å². The lowest BCUT2D eigenvalue weighted by Gasteiger charge is -2.16. The molecule has 0 radical (unpaired) electrons. The van der Waals surface area contributed by atoms with Gasteiger partial charge in [0.25, 0.3) is 0 Å². The highest BCUT2D eigenvalue weighted by molar-refractivity contribution is 5.84. The van der Waals surface area contributed by atoms with Gasteiger partial charge in [0.05, 0.1) is 13.3 Å². The molecular formula is C12H19N3O2. The summed E-state index contributed by atoms with van der Waals surface area (Å²) in [6, 6.07) is 3.38. The fraction of sp³-hybridized carbons (Fsp3) is 0.500. The molecule has 1 rings (SSSR count). The maximum absolute atomic E-state index is 11.7. The first-order chi connectivity index (χ1) is 8.02. The number of carbonyl (C=O) groups is 1. The zero-order chi connectivity index (χ0) is 12.8. The Balaban J connectivity index is 2.55. The van der Waals surface area contributed by atoms with Crippen LogP contribution in [-0.2, 0) is 4.79 Å². The van der Waals surface area contributed by atoms with E-state index < -0.39 is 0 Å². The Morgan fingerprint density at radius 2 is 2.06 bits per heavy atom. The van der Waals surface area contributed by atoms with Crippen LogP contribution in [0.25, 0.3) is 0 Å². The fourth-order valence-corrected chi connectivity index (χ4v) is 1.28. The Hall–Kier alpha value is -1.78. The van der Waals surface area contributed by atoms with E-state index in [9.17, 15) is 4.79 Å². The molecule has 0 aliphatic rings. The number of nitrogens with one attached hydrogen (secondary N) is 2. The largest absolute Gasteiger partial charge is 0.495 e. The summed E-state index contributed by atoms with van der Waals surface area (Å²) in [7, 11) is 1.59. The molecule has 17 heavy (non-hydrogen) atoms. The zero-order valence-corrected chi connectivity index (χ0v) is 10.7. The number of rotatable bonds is 5. The second-order valence-electron chi connectivity index (χ2n) is 4.11. The lowest BCUT2D eigenvalue weighted by molar-refractivity contribution is -0.122. The van der Waals surface area contributed by atoms with Gasteiger partial charge in [0.2, 0.25) is 5.91 Å². The summed E-state index contributed by atoms with van der Waals surface area (Å²) in [5.41, 5.74) is 0. The van der Waals surface area contributed by atoms with Crippen molar-refractivity contribution in [3.8, 4) is 5.75 Å². The molecule has 2 N–H and O–H groups in total. The van der Waals surface area contributed by atoms with Crippen LogP contribution < -0.4 is 15.4 Å². The summed E-state index contributed by atoms with van der Waals surface area (Å²) in [6.45, 7) is 5.65. The first kappa shape index (κ1) is 13.3. The number of carbonyl (C=O) groups excluding carboxylic acids is 1. The number of hydrogen-bond donors (Lipinski definition) is 2. The highest BCUT2D eigenvalue weighted by atomic mass is 16.5. The number of methoxy groups -OCH3 is 1. The van der Waals surface area contributed by atoms with Crippen molar-refractivity contribution in [2.75, 3.05) is 12.4 Å². The lowest BCUT2D eigenvalue weighted by Crippen LogP contribution is -2.41. The van der Waals surface area contributed by atoms with Crippen molar-refractivity contribution >= 4 is 11.7 Å². The molecule has 1 amide bonds. The maximum atomic E-state index is 11.7. The van der Waals surface area contributed by atoms with Crippen molar-refractivity contribution in [2.24, 2.45) is 0 Å². The van der Waals surface area contributed by atoms with Crippen LogP contribution in [0.3, 0.4) is 0 Å². The molecule has 0 spiro atoms. The van der Waals surface area contributed by atoms with Gasteiger partial charge >= 0.3 is 0 Å². The normalized spacial score (nSPS) is 12.1. The van der Waals surface area contributed by atoms with Crippen LogP contribution in [0.2, 0.25) is 0 Å². The molecule has 0 aliphatic carbocycles. The Labute approximate surface area is 102 Å². The number of hydrogen-bond acceptors (Lipinski definition) is 4. The van der Waals surface area contributed by atoms with Gasteiger partial charge in [-0.1, -0.05) is 0 Å². The number of pyridine rings is 1. The van der Waals surface area contributed by atoms with Gasteiger partial charge in [0, 0.05) is 6.04 Å². The first-order valence-electron chi connectivity index (χ1n) is 5.60. The molecule has 5 nitrogen and oxygen atoms in total. The third-order valence-corrected chi connectivity index (χ3v) is 2.16. The summed E-state index contributed by atoms with van der Waals surface area (Å²) >= 11 is 0. The second kappa shape index (κ2) is 6.08. The van der Waals surface area contributed by atoms with E-state index in [1.165, 1.54) is 0 Å². The van der Waals surface area contributed by atoms with Crippen molar-refractivity contribution in [1.82, 2.24) is 10.3 Å². The van der Waals surface area contributed by atoms with E-state index in [1.54, 1.807) is 32.4 Å². The standard InChI is InChI=1S/C12H19N3O2/c1-8(2)14-12(16)9(3)15-11-6-5-10(17-4)7-13-11/h5-9H,1-4H3,(H,13,15)(H,14,16). The molecule has 1 atom stereocenters. The Morgan fingerprint density at radius 3 is 2.53 bits per heavy atom. The van der Waals surface area contributed by atoms with Crippen LogP contribution in [0.1, 0.15) is 20.8 Å². The molecule has 1 unspecified atom stereocenters. The van der Waals surface area contributed by atoms with Crippen LogP contribution in [0.5, 0.6) is 5.75 Å². The molecule has 1 aromatic rings. The summed E-state index contributed by atoms with van der Waals surface area (Å²) in [4.78, 5) is 15.8. The van der Waals surface area contributed by atoms with E-state index in [1.807, 2.05) is 13.8 Å². The molecule has 0 saturated heterocycles. The summed E-state index contributed by atoms with van der Waals surface area (Å²) in [6.07, 6.45) is 1.61. The molecule has 1 aromatic heterocycles. The molecule has 0 aromatic carbocycles. The van der Waals surface area contributed by atoms with Crippen LogP contribution in [0, 0.1) is 0 Å². The van der Waals surface area contributed by atoms with Gasteiger partial charge in [-0.3, -0.25) is 4.79 Å². The molecule has 5 heteroatoms. The highest BCUT2D eigenvalue weighted by Crippen LogP contribution is 2.11. The van der Waals surface area contributed by atoms with Gasteiger partial charge in [0.15, 0.2) is 0 Å². The third-order valence-electron chi connectivity index (χ3n) is 2.16. The monoisotopic (exact) mass is 237 g/mol. The van der Waals surface area contributed by atoms with Crippen molar-refractivity contribution in [3.05, 3.63) is 18.3 Å². The summed E-state index contributed by atoms with van der Waals surface area (Å²) in [5.74, 6) is 1.30. The zero-order valence-electron chi connectivity index (χ0n) is 10.7. The van der Waals surface area contributed by atoms with Crippen LogP contribution in [0.15, 0.2) is 18.3 Å². The minimum Gasteiger partial charge on any atom is -0.495 e. The fourth-order valence-electron chi connectivity index (χ4n) is 1.28. The van der Waals surface area contributed by atoms with E-state index in [0.717, 1.165) is 0 Å². The summed E-state index contributed by atoms with van der Waals surface area (Å²) < 4.78 is 5.00. The van der Waals surface area contributed by atoms with Gasteiger partial charge in [-0.25, -0.2) is 4.98 Å². The predicted molar refractivity (Wildman–Crippen MR) is 67.2 cm³/mol. The van der Waals surface area contributed by atoms with Gasteiger partial charge in [0.1, 0.15) is 17.6 Å². The maximum Gasteiger partial charge on any atom is 0.242 e. The molecule has 0 saturated carbocycles. The molecule has 94 valence electrons. The number of aromatic nitrogens is 1. The van der Waals surface area contributed by atoms with Crippen LogP contribution >= 0.6 is 0 Å². The molecule has 0 aliphatic heterocycles. The predicted octanol–water partition coefficient (Wildman–Crippen LogP) is 1.42. The van der Waals surface area contributed by atoms with E-state index in [-0.39, 0.29) is 18.0 Å². The minimum atomic E-state index is -0.321. The van der Waals surface area contributed by atoms with Crippen molar-refractivity contribution in [2.45, 2.75) is 32.9 Å². The number of ether oxygens (including phenoxy) is 1. The molecular weight excluding hydrogens is 218 g/mol. The van der Waals surface area contributed by atoms with E-state index in [2.05, 4.69) is 15.6 Å². The van der Waals surface area contributed by atoms with E-state index >= 15 is 0 Å². The highest BCUT2D eigenvalue weighted by Gasteiger charge is 2.13. The number of nitrogens with zero attached hydrogens (tertiary/aromatic N) is 1. The van der Waals surface area contributed by atoms with Crippen molar-refractivity contribution in [3.63, 3.8) is 0 Å². The molecule has 1 heterocycles. The van der Waals surface area contributed by atoms with Gasteiger partial charge in [-0.2, -0.15) is 0 Å². The average molecular weight is 237 g/mol. The average Bonchev–Trinajstić information content (AvgIpc) is 2.29. The second-order valence-corrected chi connectivity index (χ2v) is 4.11. The Morgan fingerprint density at radius 1 is 1.35 bits per heavy atom. The molecule has 0 bridgehead atoms. The number of anilines is 1. The smallest absolute Gasteiger partial charge is 0.242 e. The van der Waals surface area contributed by atoms with Gasteiger partial charge < -0.3 is 15.4 Å². The first-order valence-corrected chi connectivity index (χ1v) is 5.60. The van der Waals surface area contributed by atoms with Crippen LogP contribution in [-0.4, -0.2) is 30.1 Å². The SMILES string of the molecule is COc1ccc(NC(C)C(=O)NC(C)C)nc1. The Kier molecular flexibility index (Phi) is 4.75. The molecule has 0 fully saturated rings. The van der Waals surface area contributed by atoms with Gasteiger partial charge in [-0.15, -0.1) is 0 Å². The van der Waals surface area contributed by atoms with E-state index in [4.69, 9.17) is 4.74 Å². The summed E-state index contributed by atoms with van der Waals surface area (Å²) in [5, 5.41) is 5.85. The lowest BCUT2D eigenvalue weighted by atomic mass is 10.2. The van der Waals surface area contributed by atoms with Gasteiger partial charge in [-0.05, 0) is 32.9 Å². The topological polar surface area (TPSA) is 63.2 Å². The number of amides is 1. The van der Waals surface area contributed by atoms with Crippen LogP contribution in [0.4, 0.5) is 5.82 Å². The van der Waals surface area contributed by atoms with Crippen molar-refractivity contribution in [1.29, 1.82) is 0 Å².